The summed E-state index contributed by atoms with van der Waals surface area (Å²) < 4.78 is 19.3. The van der Waals surface area contributed by atoms with Crippen LogP contribution in [0.2, 0.25) is 0 Å². The predicted octanol–water partition coefficient (Wildman–Crippen LogP) is 1.88. The molecule has 1 unspecified atom stereocenters. The minimum atomic E-state index is -0.410. The van der Waals surface area contributed by atoms with Gasteiger partial charge >= 0.3 is 0 Å². The molecule has 6 nitrogen and oxygen atoms in total. The van der Waals surface area contributed by atoms with E-state index >= 15 is 0 Å². The summed E-state index contributed by atoms with van der Waals surface area (Å²) in [7, 11) is 0. The minimum absolute atomic E-state index is 0.212. The van der Waals surface area contributed by atoms with E-state index in [9.17, 15) is 4.39 Å². The summed E-state index contributed by atoms with van der Waals surface area (Å²) in [5, 5.41) is 0. The number of ether oxygens (including phenoxy) is 1. The van der Waals surface area contributed by atoms with Gasteiger partial charge in [-0.25, -0.2) is 14.4 Å². The zero-order valence-corrected chi connectivity index (χ0v) is 14.1. The highest BCUT2D eigenvalue weighted by molar-refractivity contribution is 5.31. The summed E-state index contributed by atoms with van der Waals surface area (Å²) >= 11 is 0. The molecule has 1 atom stereocenters. The van der Waals surface area contributed by atoms with Gasteiger partial charge in [-0.2, -0.15) is 0 Å². The Bertz CT molecular complexity index is 694. The lowest BCUT2D eigenvalue weighted by Gasteiger charge is -2.48. The molecule has 4 rings (SSSR count). The van der Waals surface area contributed by atoms with Crippen molar-refractivity contribution in [2.24, 2.45) is 0 Å². The molecule has 0 aromatic carbocycles. The Morgan fingerprint density at radius 1 is 1.16 bits per heavy atom. The van der Waals surface area contributed by atoms with Crippen LogP contribution in [0.1, 0.15) is 18.4 Å². The summed E-state index contributed by atoms with van der Waals surface area (Å²) in [5.74, 6) is 0.167. The van der Waals surface area contributed by atoms with Crippen molar-refractivity contribution in [1.29, 1.82) is 0 Å². The molecule has 132 valence electrons. The number of halogens is 1. The molecule has 25 heavy (non-hydrogen) atoms. The van der Waals surface area contributed by atoms with Gasteiger partial charge in [0.05, 0.1) is 31.1 Å². The van der Waals surface area contributed by atoms with Gasteiger partial charge in [0.25, 0.3) is 0 Å². The lowest BCUT2D eigenvalue weighted by molar-refractivity contribution is -0.116. The van der Waals surface area contributed by atoms with Crippen molar-refractivity contribution >= 4 is 5.95 Å². The van der Waals surface area contributed by atoms with Gasteiger partial charge in [-0.15, -0.1) is 0 Å². The van der Waals surface area contributed by atoms with E-state index in [4.69, 9.17) is 4.74 Å². The Morgan fingerprint density at radius 2 is 2.04 bits per heavy atom. The maximum Gasteiger partial charge on any atom is 0.225 e. The Balaban J connectivity index is 1.45. The molecule has 7 heteroatoms. The Kier molecular flexibility index (Phi) is 4.59. The average molecular weight is 343 g/mol. The fraction of sp³-hybridized carbons (Fsp3) is 0.500. The second-order valence-corrected chi connectivity index (χ2v) is 6.83. The van der Waals surface area contributed by atoms with Crippen molar-refractivity contribution in [3.05, 3.63) is 48.3 Å². The molecule has 1 spiro atoms. The SMILES string of the molecule is Fc1cnc(N2CCCC3(CN(Cc4cccnc4)CCO3)C2)nc1. The first kappa shape index (κ1) is 16.4. The number of rotatable bonds is 3. The van der Waals surface area contributed by atoms with Gasteiger partial charge in [0.15, 0.2) is 5.82 Å². The van der Waals surface area contributed by atoms with E-state index in [1.165, 1.54) is 18.0 Å². The van der Waals surface area contributed by atoms with Gasteiger partial charge < -0.3 is 9.64 Å². The number of hydrogen-bond donors (Lipinski definition) is 0. The third-order valence-electron chi connectivity index (χ3n) is 4.89. The van der Waals surface area contributed by atoms with Crippen molar-refractivity contribution in [3.8, 4) is 0 Å². The molecule has 4 heterocycles. The second kappa shape index (κ2) is 7.01. The van der Waals surface area contributed by atoms with Crippen LogP contribution >= 0.6 is 0 Å². The summed E-state index contributed by atoms with van der Waals surface area (Å²) in [5.41, 5.74) is 1.00. The normalized spacial score (nSPS) is 24.6. The first-order chi connectivity index (χ1) is 12.2. The second-order valence-electron chi connectivity index (χ2n) is 6.83. The van der Waals surface area contributed by atoms with Crippen LogP contribution in [0.4, 0.5) is 10.3 Å². The molecule has 2 aliphatic heterocycles. The minimum Gasteiger partial charge on any atom is -0.370 e. The number of anilines is 1. The zero-order chi connectivity index (χ0) is 17.1. The van der Waals surface area contributed by atoms with E-state index < -0.39 is 5.82 Å². The molecule has 0 saturated carbocycles. The maximum atomic E-state index is 13.1. The van der Waals surface area contributed by atoms with Crippen molar-refractivity contribution in [2.45, 2.75) is 25.0 Å². The van der Waals surface area contributed by atoms with E-state index in [-0.39, 0.29) is 5.60 Å². The molecule has 2 aliphatic rings. The fourth-order valence-corrected chi connectivity index (χ4v) is 3.79. The first-order valence-corrected chi connectivity index (χ1v) is 8.70. The number of nitrogens with zero attached hydrogens (tertiary/aromatic N) is 5. The van der Waals surface area contributed by atoms with Crippen molar-refractivity contribution in [2.75, 3.05) is 37.7 Å². The van der Waals surface area contributed by atoms with Crippen LogP contribution in [0.3, 0.4) is 0 Å². The molecule has 0 aliphatic carbocycles. The lowest BCUT2D eigenvalue weighted by atomic mass is 9.90. The van der Waals surface area contributed by atoms with Crippen LogP contribution in [-0.4, -0.2) is 58.2 Å². The van der Waals surface area contributed by atoms with Gasteiger partial charge in [0.1, 0.15) is 0 Å². The monoisotopic (exact) mass is 343 g/mol. The molecule has 0 bridgehead atoms. The van der Waals surface area contributed by atoms with E-state index in [0.29, 0.717) is 5.95 Å². The number of piperidine rings is 1. The van der Waals surface area contributed by atoms with E-state index in [1.807, 2.05) is 12.3 Å². The molecule has 2 saturated heterocycles. The summed E-state index contributed by atoms with van der Waals surface area (Å²) in [6.07, 6.45) is 8.20. The Morgan fingerprint density at radius 3 is 2.84 bits per heavy atom. The molecule has 2 aromatic heterocycles. The molecule has 2 aromatic rings. The smallest absolute Gasteiger partial charge is 0.225 e. The molecule has 0 N–H and O–H groups in total. The number of hydrogen-bond acceptors (Lipinski definition) is 6. The number of morpholine rings is 1. The van der Waals surface area contributed by atoms with Crippen LogP contribution in [-0.2, 0) is 11.3 Å². The highest BCUT2D eigenvalue weighted by atomic mass is 19.1. The molecule has 0 radical (unpaired) electrons. The molecular formula is C18H22FN5O. The third-order valence-corrected chi connectivity index (χ3v) is 4.89. The lowest BCUT2D eigenvalue weighted by Crippen LogP contribution is -2.59. The quantitative estimate of drug-likeness (QED) is 0.848. The molecule has 2 fully saturated rings. The van der Waals surface area contributed by atoms with Crippen LogP contribution < -0.4 is 4.90 Å². The van der Waals surface area contributed by atoms with Gasteiger partial charge in [0.2, 0.25) is 5.95 Å². The average Bonchev–Trinajstić information content (AvgIpc) is 2.63. The standard InChI is InChI=1S/C18H22FN5O/c19-16-10-21-17(22-11-16)24-6-2-4-18(14-24)13-23(7-8-25-18)12-15-3-1-5-20-9-15/h1,3,5,9-11H,2,4,6-8,12-14H2. The highest BCUT2D eigenvalue weighted by Gasteiger charge is 2.41. The summed E-state index contributed by atoms with van der Waals surface area (Å²) in [6, 6.07) is 4.08. The van der Waals surface area contributed by atoms with Crippen molar-refractivity contribution in [3.63, 3.8) is 0 Å². The zero-order valence-electron chi connectivity index (χ0n) is 14.1. The Labute approximate surface area is 146 Å². The van der Waals surface area contributed by atoms with Crippen LogP contribution in [0.25, 0.3) is 0 Å². The summed E-state index contributed by atoms with van der Waals surface area (Å²) in [6.45, 7) is 5.01. The topological polar surface area (TPSA) is 54.4 Å². The van der Waals surface area contributed by atoms with E-state index in [2.05, 4.69) is 30.8 Å². The van der Waals surface area contributed by atoms with Crippen LogP contribution in [0, 0.1) is 5.82 Å². The van der Waals surface area contributed by atoms with Crippen LogP contribution in [0.15, 0.2) is 36.9 Å². The highest BCUT2D eigenvalue weighted by Crippen LogP contribution is 2.31. The van der Waals surface area contributed by atoms with Crippen LogP contribution in [0.5, 0.6) is 0 Å². The number of aromatic nitrogens is 3. The fourth-order valence-electron chi connectivity index (χ4n) is 3.79. The van der Waals surface area contributed by atoms with E-state index in [1.54, 1.807) is 6.20 Å². The van der Waals surface area contributed by atoms with Gasteiger partial charge in [-0.3, -0.25) is 9.88 Å². The maximum absolute atomic E-state index is 13.1. The molecular weight excluding hydrogens is 321 g/mol. The number of pyridine rings is 1. The van der Waals surface area contributed by atoms with Crippen molar-refractivity contribution < 1.29 is 9.13 Å². The van der Waals surface area contributed by atoms with Gasteiger partial charge in [-0.1, -0.05) is 6.07 Å². The predicted molar refractivity (Wildman–Crippen MR) is 91.6 cm³/mol. The van der Waals surface area contributed by atoms with Gasteiger partial charge in [-0.05, 0) is 24.5 Å². The van der Waals surface area contributed by atoms with E-state index in [0.717, 1.165) is 52.2 Å². The van der Waals surface area contributed by atoms with Crippen molar-refractivity contribution in [1.82, 2.24) is 19.9 Å². The Hall–Kier alpha value is -2.12. The third kappa shape index (κ3) is 3.77. The first-order valence-electron chi connectivity index (χ1n) is 8.70. The summed E-state index contributed by atoms with van der Waals surface area (Å²) in [4.78, 5) is 17.0. The molecule has 0 amide bonds. The largest absolute Gasteiger partial charge is 0.370 e. The van der Waals surface area contributed by atoms with Gasteiger partial charge in [0, 0.05) is 38.6 Å².